The molecule has 3 heterocycles. The van der Waals surface area contributed by atoms with Crippen molar-refractivity contribution in [3.63, 3.8) is 0 Å². The minimum absolute atomic E-state index is 0.0575. The maximum atomic E-state index is 14.8. The number of allylic oxidation sites excluding steroid dienone is 3. The molecule has 0 saturated carbocycles. The number of rotatable bonds is 12. The number of hydrogen-bond donors (Lipinski definition) is 0. The van der Waals surface area contributed by atoms with Crippen molar-refractivity contribution in [2.24, 2.45) is 0 Å². The maximum absolute atomic E-state index is 14.8. The highest BCUT2D eigenvalue weighted by molar-refractivity contribution is 7.58. The van der Waals surface area contributed by atoms with E-state index in [-0.39, 0.29) is 48.2 Å². The molecular formula is C40H49N4O8P. The van der Waals surface area contributed by atoms with Gasteiger partial charge in [-0.3, -0.25) is 24.5 Å². The molecule has 3 aliphatic heterocycles. The molecule has 0 bridgehead atoms. The van der Waals surface area contributed by atoms with Gasteiger partial charge in [0.1, 0.15) is 13.3 Å². The van der Waals surface area contributed by atoms with E-state index >= 15 is 0 Å². The molecule has 4 atom stereocenters. The first-order valence-electron chi connectivity index (χ1n) is 18.1. The van der Waals surface area contributed by atoms with Gasteiger partial charge in [0.25, 0.3) is 5.69 Å². The first-order valence-corrected chi connectivity index (χ1v) is 19.7. The molecule has 3 aliphatic rings. The molecule has 0 aromatic heterocycles. The van der Waals surface area contributed by atoms with E-state index in [1.54, 1.807) is 30.9 Å². The summed E-state index contributed by atoms with van der Waals surface area (Å²) < 4.78 is 38.6. The molecule has 0 radical (unpaired) electrons. The van der Waals surface area contributed by atoms with E-state index in [4.69, 9.17) is 18.5 Å². The Bertz CT molecular complexity index is 1830. The second-order valence-electron chi connectivity index (χ2n) is 13.9. The van der Waals surface area contributed by atoms with Crippen LogP contribution in [-0.4, -0.2) is 91.0 Å². The summed E-state index contributed by atoms with van der Waals surface area (Å²) in [6.07, 6.45) is -0.230. The third-order valence-corrected chi connectivity index (χ3v) is 12.7. The molecule has 2 fully saturated rings. The van der Waals surface area contributed by atoms with Crippen LogP contribution in [0.3, 0.4) is 0 Å². The zero-order valence-corrected chi connectivity index (χ0v) is 31.9. The topological polar surface area (TPSA) is 124 Å². The molecule has 3 aromatic carbocycles. The summed E-state index contributed by atoms with van der Waals surface area (Å²) in [5, 5.41) is 12.1. The van der Waals surface area contributed by atoms with Crippen molar-refractivity contribution >= 4 is 19.3 Å². The van der Waals surface area contributed by atoms with E-state index in [0.717, 1.165) is 26.2 Å². The Hall–Kier alpha value is -4.16. The van der Waals surface area contributed by atoms with Crippen LogP contribution in [0.2, 0.25) is 0 Å². The first kappa shape index (κ1) is 38.6. The van der Waals surface area contributed by atoms with E-state index in [1.807, 2.05) is 26.0 Å². The highest BCUT2D eigenvalue weighted by Crippen LogP contribution is 2.68. The predicted octanol–water partition coefficient (Wildman–Crippen LogP) is 7.46. The van der Waals surface area contributed by atoms with Crippen LogP contribution in [0.25, 0.3) is 0 Å². The van der Waals surface area contributed by atoms with Gasteiger partial charge in [0, 0.05) is 69.8 Å². The van der Waals surface area contributed by atoms with Crippen LogP contribution in [0.1, 0.15) is 62.8 Å². The third kappa shape index (κ3) is 8.49. The largest absolute Gasteiger partial charge is 0.461 e. The number of piperazine rings is 1. The quantitative estimate of drug-likeness (QED) is 0.0795. The van der Waals surface area contributed by atoms with Crippen molar-refractivity contribution < 1.29 is 32.8 Å². The number of esters is 1. The van der Waals surface area contributed by atoms with Crippen LogP contribution in [0.15, 0.2) is 107 Å². The molecular weight excluding hydrogens is 695 g/mol. The molecule has 282 valence electrons. The minimum atomic E-state index is -4.03. The van der Waals surface area contributed by atoms with Gasteiger partial charge >= 0.3 is 13.6 Å². The standard InChI is InChI=1S/C40H49N4O8P/c1-28-25-29(2)52-53(48,51-28)39-31(4)43(27-49-5)30(3)36(37(39)34-17-12-18-35(26-34)44(46)47)40(45)50-24-23-41-19-21-42(22-20-41)38(32-13-8-6-9-14-32)33-15-10-7-11-16-33/h6-18,26,28-29,37-38H,19-25,27H2,1-5H3/t28-,29+,37-,53?/m0/s1. The lowest BCUT2D eigenvalue weighted by molar-refractivity contribution is -0.384. The van der Waals surface area contributed by atoms with Gasteiger partial charge in [-0.15, -0.1) is 0 Å². The number of benzene rings is 3. The summed E-state index contributed by atoms with van der Waals surface area (Å²) in [7, 11) is -2.50. The fourth-order valence-electron chi connectivity index (χ4n) is 7.82. The Morgan fingerprint density at radius 2 is 1.51 bits per heavy atom. The Kier molecular flexibility index (Phi) is 12.3. The fraction of sp³-hybridized carbons (Fsp3) is 0.425. The summed E-state index contributed by atoms with van der Waals surface area (Å²) in [6.45, 7) is 11.2. The van der Waals surface area contributed by atoms with Gasteiger partial charge in [-0.05, 0) is 44.4 Å². The number of nitro benzene ring substituents is 1. The molecule has 1 unspecified atom stereocenters. The number of carbonyl (C=O) groups is 1. The Morgan fingerprint density at radius 3 is 2.08 bits per heavy atom. The van der Waals surface area contributed by atoms with Gasteiger partial charge < -0.3 is 23.4 Å². The first-order chi connectivity index (χ1) is 25.5. The van der Waals surface area contributed by atoms with E-state index in [2.05, 4.69) is 58.3 Å². The molecule has 13 heteroatoms. The molecule has 53 heavy (non-hydrogen) atoms. The van der Waals surface area contributed by atoms with Crippen molar-refractivity contribution in [2.75, 3.05) is 53.2 Å². The molecule has 6 rings (SSSR count). The Balaban J connectivity index is 1.23. The van der Waals surface area contributed by atoms with Gasteiger partial charge in [0.2, 0.25) is 0 Å². The zero-order valence-electron chi connectivity index (χ0n) is 31.1. The lowest BCUT2D eigenvalue weighted by atomic mass is 9.85. The summed E-state index contributed by atoms with van der Waals surface area (Å²) >= 11 is 0. The van der Waals surface area contributed by atoms with Gasteiger partial charge in [0.15, 0.2) is 0 Å². The lowest BCUT2D eigenvalue weighted by Crippen LogP contribution is -2.48. The molecule has 12 nitrogen and oxygen atoms in total. The molecule has 0 spiro atoms. The van der Waals surface area contributed by atoms with E-state index in [9.17, 15) is 19.5 Å². The maximum Gasteiger partial charge on any atom is 0.360 e. The fourth-order valence-corrected chi connectivity index (χ4v) is 10.3. The number of non-ortho nitro benzene ring substituents is 1. The number of carbonyl (C=O) groups excluding carboxylic acids is 1. The monoisotopic (exact) mass is 744 g/mol. The van der Waals surface area contributed by atoms with Crippen LogP contribution in [0.5, 0.6) is 0 Å². The highest BCUT2D eigenvalue weighted by atomic mass is 31.2. The van der Waals surface area contributed by atoms with Crippen molar-refractivity contribution in [1.82, 2.24) is 14.7 Å². The van der Waals surface area contributed by atoms with E-state index in [0.29, 0.717) is 29.9 Å². The minimum Gasteiger partial charge on any atom is -0.461 e. The predicted molar refractivity (Wildman–Crippen MR) is 202 cm³/mol. The van der Waals surface area contributed by atoms with E-state index < -0.39 is 24.4 Å². The normalized spacial score (nSPS) is 24.5. The van der Waals surface area contributed by atoms with Crippen molar-refractivity contribution in [1.29, 1.82) is 0 Å². The third-order valence-electron chi connectivity index (χ3n) is 10.3. The van der Waals surface area contributed by atoms with Crippen LogP contribution in [-0.2, 0) is 27.9 Å². The smallest absolute Gasteiger partial charge is 0.360 e. The van der Waals surface area contributed by atoms with Gasteiger partial charge in [-0.1, -0.05) is 72.8 Å². The average Bonchev–Trinajstić information content (AvgIpc) is 3.14. The van der Waals surface area contributed by atoms with Crippen molar-refractivity contribution in [3.05, 3.63) is 134 Å². The van der Waals surface area contributed by atoms with Gasteiger partial charge in [-0.25, -0.2) is 4.79 Å². The molecule has 2 saturated heterocycles. The number of methoxy groups -OCH3 is 1. The second kappa shape index (κ2) is 16.9. The number of nitrogens with zero attached hydrogens (tertiary/aromatic N) is 4. The van der Waals surface area contributed by atoms with Crippen molar-refractivity contribution in [3.8, 4) is 0 Å². The number of hydrogen-bond acceptors (Lipinski definition) is 11. The van der Waals surface area contributed by atoms with Crippen molar-refractivity contribution in [2.45, 2.75) is 58.3 Å². The van der Waals surface area contributed by atoms with Gasteiger partial charge in [-0.2, -0.15) is 0 Å². The van der Waals surface area contributed by atoms with E-state index in [1.165, 1.54) is 30.4 Å². The average molecular weight is 745 g/mol. The lowest BCUT2D eigenvalue weighted by Gasteiger charge is -2.42. The summed E-state index contributed by atoms with van der Waals surface area (Å²) in [4.78, 5) is 32.3. The Morgan fingerprint density at radius 1 is 0.906 bits per heavy atom. The molecule has 0 N–H and O–H groups in total. The molecule has 0 aliphatic carbocycles. The number of nitro groups is 1. The summed E-state index contributed by atoms with van der Waals surface area (Å²) in [5.41, 5.74) is 4.01. The zero-order chi connectivity index (χ0) is 37.7. The van der Waals surface area contributed by atoms with Crippen LogP contribution in [0.4, 0.5) is 5.69 Å². The Labute approximate surface area is 311 Å². The molecule has 3 aromatic rings. The highest BCUT2D eigenvalue weighted by Gasteiger charge is 2.49. The summed E-state index contributed by atoms with van der Waals surface area (Å²) in [6, 6.07) is 27.3. The van der Waals surface area contributed by atoms with Gasteiger partial charge in [0.05, 0.1) is 40.0 Å². The molecule has 0 amide bonds. The van der Waals surface area contributed by atoms with Crippen LogP contribution >= 0.6 is 7.60 Å². The SMILES string of the molecule is COCN1C(C)=C(C(=O)OCCN2CCN(C(c3ccccc3)c3ccccc3)CC2)[C@H](c2cccc([N+](=O)[O-])c2)C(P2(=O)O[C@H](C)C[C@H](C)O2)=C1C. The second-order valence-corrected chi connectivity index (χ2v) is 15.8. The number of ether oxygens (including phenoxy) is 2. The summed E-state index contributed by atoms with van der Waals surface area (Å²) in [5.74, 6) is -1.60. The van der Waals surface area contributed by atoms with Crippen LogP contribution < -0.4 is 0 Å². The van der Waals surface area contributed by atoms with Crippen LogP contribution in [0, 0.1) is 10.1 Å².